The molecule has 1 fully saturated rings. The van der Waals surface area contributed by atoms with Gasteiger partial charge in [0.2, 0.25) is 0 Å². The van der Waals surface area contributed by atoms with Gasteiger partial charge >= 0.3 is 28.2 Å². The second-order valence-electron chi connectivity index (χ2n) is 2.33. The summed E-state index contributed by atoms with van der Waals surface area (Å²) in [6.07, 6.45) is 6.28. The molecule has 1 aliphatic rings. The molecule has 0 aromatic rings. The second kappa shape index (κ2) is 23.0. The van der Waals surface area contributed by atoms with E-state index in [9.17, 15) is 0 Å². The molecule has 1 saturated carbocycles. The van der Waals surface area contributed by atoms with Gasteiger partial charge in [-0.3, -0.25) is 0 Å². The van der Waals surface area contributed by atoms with Crippen molar-refractivity contribution in [3.05, 3.63) is 19.3 Å². The molecule has 0 aromatic carbocycles. The van der Waals surface area contributed by atoms with Crippen molar-refractivity contribution in [2.45, 2.75) is 38.1 Å². The van der Waals surface area contributed by atoms with Crippen LogP contribution in [0.1, 0.15) is 32.1 Å². The molecule has 0 amide bonds. The van der Waals surface area contributed by atoms with E-state index >= 15 is 0 Å². The van der Waals surface area contributed by atoms with Crippen molar-refractivity contribution in [3.8, 4) is 0 Å². The molecule has 0 spiro atoms. The number of rotatable bonds is 0. The first-order valence-corrected chi connectivity index (χ1v) is 6.04. The zero-order valence-electron chi connectivity index (χ0n) is 7.88. The molecule has 0 atom stereocenters. The Bertz CT molecular complexity index is 66.5. The maximum absolute atomic E-state index is 7.27. The van der Waals surface area contributed by atoms with Crippen LogP contribution in [-0.4, -0.2) is 17.0 Å². The summed E-state index contributed by atoms with van der Waals surface area (Å²) in [4.78, 5) is 0. The minimum atomic E-state index is 0. The van der Waals surface area contributed by atoms with E-state index in [1.807, 2.05) is 0 Å². The van der Waals surface area contributed by atoms with Gasteiger partial charge in [0.15, 0.2) is 0 Å². The maximum atomic E-state index is 7.27. The third-order valence-electron chi connectivity index (χ3n) is 1.61. The van der Waals surface area contributed by atoms with Crippen LogP contribution in [0.25, 0.3) is 11.9 Å². The Morgan fingerprint density at radius 1 is 1.00 bits per heavy atom. The summed E-state index contributed by atoms with van der Waals surface area (Å²) < 4.78 is 0. The van der Waals surface area contributed by atoms with Crippen molar-refractivity contribution in [2.75, 3.05) is 0 Å². The molecule has 7 N–H and O–H groups in total. The topological polar surface area (TPSA) is 120 Å². The van der Waals surface area contributed by atoms with Crippen molar-refractivity contribution < 1.29 is 29.7 Å². The molecule has 0 aliphatic heterocycles. The van der Waals surface area contributed by atoms with Gasteiger partial charge in [0.05, 0.1) is 0 Å². The standard InChI is InChI=1S/C6H12N.CH3.ClH.H2N.2H2O.Pt/c7-6-4-2-1-3-5-6;;;;;;/h6-7H,1-5H2;1H3;1H;3*1H2;/q2*-1;;-1;;;+1/p-1. The molecule has 6 heteroatoms. The SMILES string of the molecule is O.O.[CH3-].[Cl][Pt].[NH-]C1CCCCC1.[NH2-]. The van der Waals surface area contributed by atoms with Crippen molar-refractivity contribution in [1.29, 1.82) is 0 Å². The first kappa shape index (κ1) is 29.2. The predicted molar refractivity (Wildman–Crippen MR) is 56.0 cm³/mol. The molecule has 0 radical (unpaired) electrons. The van der Waals surface area contributed by atoms with Gasteiger partial charge in [-0.1, -0.05) is 32.1 Å². The van der Waals surface area contributed by atoms with Gasteiger partial charge in [-0.2, -0.15) is 0 Å². The Balaban J connectivity index is -0.0000000335. The number of nitrogens with two attached hydrogens (primary N) is 1. The Labute approximate surface area is 96.6 Å². The van der Waals surface area contributed by atoms with Crippen LogP contribution in [0.2, 0.25) is 0 Å². The summed E-state index contributed by atoms with van der Waals surface area (Å²) in [5, 5.41) is 0. The summed E-state index contributed by atoms with van der Waals surface area (Å²) in [5.41, 5.74) is 7.27. The molecule has 1 rings (SSSR count). The van der Waals surface area contributed by atoms with Gasteiger partial charge < -0.3 is 30.3 Å². The van der Waals surface area contributed by atoms with E-state index in [0.29, 0.717) is 0 Å². The summed E-state index contributed by atoms with van der Waals surface area (Å²) >= 11 is 1.61. The van der Waals surface area contributed by atoms with Crippen molar-refractivity contribution >= 4 is 9.42 Å². The fourth-order valence-corrected chi connectivity index (χ4v) is 1.10. The van der Waals surface area contributed by atoms with E-state index in [0.717, 1.165) is 12.8 Å². The summed E-state index contributed by atoms with van der Waals surface area (Å²) in [6.45, 7) is 0. The van der Waals surface area contributed by atoms with Crippen LogP contribution in [0.5, 0.6) is 0 Å². The minimum Gasteiger partial charge on any atom is -0.693 e. The quantitative estimate of drug-likeness (QED) is 0.560. The molecular weight excluding hydrogens is 375 g/mol. The van der Waals surface area contributed by atoms with Crippen LogP contribution in [0.3, 0.4) is 0 Å². The molecule has 4 nitrogen and oxygen atoms in total. The van der Waals surface area contributed by atoms with Gasteiger partial charge in [-0.15, -0.1) is 6.04 Å². The zero-order valence-corrected chi connectivity index (χ0v) is 10.9. The molecular formula is C7H21ClN2O2Pt-3. The summed E-state index contributed by atoms with van der Waals surface area (Å²) in [5.74, 6) is 0. The smallest absolute Gasteiger partial charge is 0.0534 e. The van der Waals surface area contributed by atoms with Gasteiger partial charge in [-0.05, 0) is 0 Å². The second-order valence-corrected chi connectivity index (χ2v) is 2.33. The number of hydrogen-bond donors (Lipinski definition) is 0. The van der Waals surface area contributed by atoms with E-state index in [2.05, 4.69) is 9.42 Å². The largest absolute Gasteiger partial charge is 0.693 e. The first-order valence-electron chi connectivity index (χ1n) is 3.22. The summed E-state index contributed by atoms with van der Waals surface area (Å²) in [6, 6.07) is 0.286. The maximum Gasteiger partial charge on any atom is -0.0534 e. The third-order valence-corrected chi connectivity index (χ3v) is 1.61. The minimum absolute atomic E-state index is 0. The average Bonchev–Trinajstić information content (AvgIpc) is 1.94. The molecule has 0 saturated heterocycles. The van der Waals surface area contributed by atoms with E-state index in [4.69, 9.17) is 5.73 Å². The van der Waals surface area contributed by atoms with Crippen LogP contribution in [0.15, 0.2) is 0 Å². The van der Waals surface area contributed by atoms with Gasteiger partial charge in [0, 0.05) is 0 Å². The predicted octanol–water partition coefficient (Wildman–Crippen LogP) is 2.58. The van der Waals surface area contributed by atoms with Crippen LogP contribution in [0, 0.1) is 7.43 Å². The molecule has 1 aliphatic carbocycles. The average molecular weight is 396 g/mol. The van der Waals surface area contributed by atoms with E-state index in [-0.39, 0.29) is 30.6 Å². The van der Waals surface area contributed by atoms with Crippen LogP contribution in [0.4, 0.5) is 0 Å². The van der Waals surface area contributed by atoms with Crippen molar-refractivity contribution in [3.63, 3.8) is 0 Å². The normalized spacial score (nSPS) is 14.2. The Morgan fingerprint density at radius 3 is 1.46 bits per heavy atom. The number of hydrogen-bond acceptors (Lipinski definition) is 0. The molecule has 91 valence electrons. The van der Waals surface area contributed by atoms with E-state index in [1.54, 1.807) is 18.8 Å². The van der Waals surface area contributed by atoms with Gasteiger partial charge in [-0.25, -0.2) is 0 Å². The number of halogens is 1. The zero-order chi connectivity index (χ0) is 7.11. The molecule has 13 heavy (non-hydrogen) atoms. The molecule has 0 aromatic heterocycles. The fourth-order valence-electron chi connectivity index (χ4n) is 1.10. The van der Waals surface area contributed by atoms with Crippen LogP contribution >= 0.6 is 9.42 Å². The van der Waals surface area contributed by atoms with Crippen LogP contribution < -0.4 is 0 Å². The van der Waals surface area contributed by atoms with Crippen LogP contribution in [-0.2, 0) is 18.8 Å². The molecule has 0 bridgehead atoms. The Kier molecular flexibility index (Phi) is 51.7. The molecule has 0 unspecified atom stereocenters. The first-order chi connectivity index (χ1) is 4.39. The van der Waals surface area contributed by atoms with Crippen molar-refractivity contribution in [2.24, 2.45) is 0 Å². The molecule has 0 heterocycles. The van der Waals surface area contributed by atoms with E-state index in [1.165, 1.54) is 19.3 Å². The fraction of sp³-hybridized carbons (Fsp3) is 0.857. The van der Waals surface area contributed by atoms with Gasteiger partial charge in [0.1, 0.15) is 0 Å². The Morgan fingerprint density at radius 2 is 1.31 bits per heavy atom. The monoisotopic (exact) mass is 395 g/mol. The third kappa shape index (κ3) is 19.3. The number of nitrogens with one attached hydrogen (secondary N) is 1. The van der Waals surface area contributed by atoms with E-state index < -0.39 is 0 Å². The Hall–Kier alpha value is 0.818. The summed E-state index contributed by atoms with van der Waals surface area (Å²) in [7, 11) is 4.61. The van der Waals surface area contributed by atoms with Gasteiger partial charge in [0.25, 0.3) is 0 Å². The van der Waals surface area contributed by atoms with Crippen molar-refractivity contribution in [1.82, 2.24) is 0 Å².